The molecule has 1 aromatic rings. The predicted molar refractivity (Wildman–Crippen MR) is 57.9 cm³/mol. The molecule has 3 heteroatoms. The summed E-state index contributed by atoms with van der Waals surface area (Å²) in [6, 6.07) is 9.48. The van der Waals surface area contributed by atoms with Crippen molar-refractivity contribution in [2.24, 2.45) is 0 Å². The zero-order chi connectivity index (χ0) is 11.1. The van der Waals surface area contributed by atoms with Crippen molar-refractivity contribution in [3.63, 3.8) is 0 Å². The lowest BCUT2D eigenvalue weighted by atomic mass is 10.3. The molecule has 0 aromatic heterocycles. The van der Waals surface area contributed by atoms with Gasteiger partial charge in [-0.2, -0.15) is 5.26 Å². The Labute approximate surface area is 90.2 Å². The van der Waals surface area contributed by atoms with E-state index in [-0.39, 0.29) is 0 Å². The highest BCUT2D eigenvalue weighted by Crippen LogP contribution is 2.27. The van der Waals surface area contributed by atoms with Gasteiger partial charge in [0.1, 0.15) is 6.07 Å². The van der Waals surface area contributed by atoms with E-state index >= 15 is 0 Å². The average molecular weight is 205 g/mol. The zero-order valence-corrected chi connectivity index (χ0v) is 9.06. The number of nitriles is 1. The molecule has 0 bridgehead atoms. The van der Waals surface area contributed by atoms with Crippen molar-refractivity contribution in [1.82, 2.24) is 0 Å². The third-order valence-electron chi connectivity index (χ3n) is 1.93. The van der Waals surface area contributed by atoms with Gasteiger partial charge in [-0.25, -0.2) is 0 Å². The van der Waals surface area contributed by atoms with Crippen LogP contribution in [0.25, 0.3) is 0 Å². The molecule has 0 spiro atoms. The molecule has 0 saturated heterocycles. The summed E-state index contributed by atoms with van der Waals surface area (Å²) >= 11 is 0. The van der Waals surface area contributed by atoms with Gasteiger partial charge in [0, 0.05) is 0 Å². The topological polar surface area (TPSA) is 42.2 Å². The Morgan fingerprint density at radius 3 is 2.47 bits per heavy atom. The third-order valence-corrected chi connectivity index (χ3v) is 1.93. The van der Waals surface area contributed by atoms with Gasteiger partial charge in [-0.15, -0.1) is 0 Å². The fourth-order valence-corrected chi connectivity index (χ4v) is 1.18. The van der Waals surface area contributed by atoms with Crippen molar-refractivity contribution >= 4 is 0 Å². The maximum atomic E-state index is 8.79. The molecule has 1 unspecified atom stereocenters. The smallest absolute Gasteiger partial charge is 0.184 e. The number of hydrogen-bond acceptors (Lipinski definition) is 3. The van der Waals surface area contributed by atoms with Gasteiger partial charge in [0.2, 0.25) is 0 Å². The second-order valence-electron chi connectivity index (χ2n) is 3.02. The van der Waals surface area contributed by atoms with Crippen LogP contribution in [0.15, 0.2) is 24.3 Å². The third kappa shape index (κ3) is 3.17. The summed E-state index contributed by atoms with van der Waals surface area (Å²) in [6.45, 7) is 4.42. The number of para-hydroxylation sites is 2. The highest BCUT2D eigenvalue weighted by molar-refractivity contribution is 5.39. The SMILES string of the molecule is CCOc1ccccc1OC(C#N)CC. The van der Waals surface area contributed by atoms with Crippen molar-refractivity contribution in [3.8, 4) is 17.6 Å². The lowest BCUT2D eigenvalue weighted by molar-refractivity contribution is 0.232. The molecular formula is C12H15NO2. The Morgan fingerprint density at radius 1 is 1.27 bits per heavy atom. The van der Waals surface area contributed by atoms with Crippen LogP contribution in [0.3, 0.4) is 0 Å². The molecule has 0 aliphatic carbocycles. The summed E-state index contributed by atoms with van der Waals surface area (Å²) in [4.78, 5) is 0. The molecule has 0 radical (unpaired) electrons. The van der Waals surface area contributed by atoms with E-state index in [0.29, 0.717) is 24.5 Å². The first-order chi connectivity index (χ1) is 7.31. The molecule has 0 aliphatic rings. The van der Waals surface area contributed by atoms with Crippen LogP contribution in [-0.2, 0) is 0 Å². The molecule has 1 atom stereocenters. The maximum absolute atomic E-state index is 8.79. The van der Waals surface area contributed by atoms with Gasteiger partial charge < -0.3 is 9.47 Å². The van der Waals surface area contributed by atoms with Crippen LogP contribution < -0.4 is 9.47 Å². The number of hydrogen-bond donors (Lipinski definition) is 0. The first-order valence-corrected chi connectivity index (χ1v) is 5.09. The minimum absolute atomic E-state index is 0.411. The standard InChI is InChI=1S/C12H15NO2/c1-3-10(9-13)15-12-8-6-5-7-11(12)14-4-2/h5-8,10H,3-4H2,1-2H3. The zero-order valence-electron chi connectivity index (χ0n) is 9.06. The van der Waals surface area contributed by atoms with Crippen molar-refractivity contribution in [3.05, 3.63) is 24.3 Å². The highest BCUT2D eigenvalue weighted by Gasteiger charge is 2.09. The quantitative estimate of drug-likeness (QED) is 0.742. The highest BCUT2D eigenvalue weighted by atomic mass is 16.5. The average Bonchev–Trinajstić information content (AvgIpc) is 2.28. The summed E-state index contributed by atoms with van der Waals surface area (Å²) in [5, 5.41) is 8.79. The van der Waals surface area contributed by atoms with Gasteiger partial charge >= 0.3 is 0 Å². The Hall–Kier alpha value is -1.69. The first kappa shape index (κ1) is 11.4. The second kappa shape index (κ2) is 5.92. The summed E-state index contributed by atoms with van der Waals surface area (Å²) in [6.07, 6.45) is 0.253. The van der Waals surface area contributed by atoms with Crippen molar-refractivity contribution < 1.29 is 9.47 Å². The van der Waals surface area contributed by atoms with E-state index in [1.54, 1.807) is 0 Å². The second-order valence-corrected chi connectivity index (χ2v) is 3.02. The molecule has 1 aromatic carbocycles. The molecule has 1 rings (SSSR count). The molecular weight excluding hydrogens is 190 g/mol. The Kier molecular flexibility index (Phi) is 4.49. The Bertz CT molecular complexity index is 344. The monoisotopic (exact) mass is 205 g/mol. The summed E-state index contributed by atoms with van der Waals surface area (Å²) in [7, 11) is 0. The van der Waals surface area contributed by atoms with Crippen LogP contribution in [0, 0.1) is 11.3 Å². The van der Waals surface area contributed by atoms with E-state index in [0.717, 1.165) is 0 Å². The van der Waals surface area contributed by atoms with E-state index in [9.17, 15) is 0 Å². The van der Waals surface area contributed by atoms with E-state index in [4.69, 9.17) is 14.7 Å². The summed E-state index contributed by atoms with van der Waals surface area (Å²) in [5.74, 6) is 1.32. The van der Waals surface area contributed by atoms with Crippen molar-refractivity contribution in [2.75, 3.05) is 6.61 Å². The number of nitrogens with zero attached hydrogens (tertiary/aromatic N) is 1. The predicted octanol–water partition coefficient (Wildman–Crippen LogP) is 2.77. The Balaban J connectivity index is 2.79. The van der Waals surface area contributed by atoms with Gasteiger partial charge in [-0.3, -0.25) is 0 Å². The maximum Gasteiger partial charge on any atom is 0.184 e. The molecule has 0 N–H and O–H groups in total. The molecule has 15 heavy (non-hydrogen) atoms. The molecule has 0 aliphatic heterocycles. The minimum Gasteiger partial charge on any atom is -0.490 e. The molecule has 0 heterocycles. The molecule has 80 valence electrons. The summed E-state index contributed by atoms with van der Waals surface area (Å²) in [5.41, 5.74) is 0. The van der Waals surface area contributed by atoms with Crippen LogP contribution in [0.4, 0.5) is 0 Å². The van der Waals surface area contributed by atoms with Crippen LogP contribution in [0.5, 0.6) is 11.5 Å². The Morgan fingerprint density at radius 2 is 1.93 bits per heavy atom. The van der Waals surface area contributed by atoms with Crippen LogP contribution in [0.1, 0.15) is 20.3 Å². The van der Waals surface area contributed by atoms with Gasteiger partial charge in [0.05, 0.1) is 6.61 Å². The van der Waals surface area contributed by atoms with E-state index in [1.807, 2.05) is 38.1 Å². The van der Waals surface area contributed by atoms with Gasteiger partial charge in [-0.05, 0) is 25.5 Å². The number of benzene rings is 1. The lowest BCUT2D eigenvalue weighted by Gasteiger charge is -2.13. The normalized spacial score (nSPS) is 11.5. The van der Waals surface area contributed by atoms with Gasteiger partial charge in [0.15, 0.2) is 17.6 Å². The molecule has 0 amide bonds. The largest absolute Gasteiger partial charge is 0.490 e. The lowest BCUT2D eigenvalue weighted by Crippen LogP contribution is -2.12. The fourth-order valence-electron chi connectivity index (χ4n) is 1.18. The molecule has 0 saturated carbocycles. The van der Waals surface area contributed by atoms with Crippen LogP contribution >= 0.6 is 0 Å². The number of rotatable bonds is 5. The fraction of sp³-hybridized carbons (Fsp3) is 0.417. The first-order valence-electron chi connectivity index (χ1n) is 5.09. The molecule has 0 fully saturated rings. The molecule has 3 nitrogen and oxygen atoms in total. The minimum atomic E-state index is -0.411. The van der Waals surface area contributed by atoms with E-state index in [2.05, 4.69) is 6.07 Å². The van der Waals surface area contributed by atoms with Crippen LogP contribution in [0.2, 0.25) is 0 Å². The van der Waals surface area contributed by atoms with Gasteiger partial charge in [0.25, 0.3) is 0 Å². The van der Waals surface area contributed by atoms with E-state index < -0.39 is 6.10 Å². The summed E-state index contributed by atoms with van der Waals surface area (Å²) < 4.78 is 10.9. The van der Waals surface area contributed by atoms with Crippen LogP contribution in [-0.4, -0.2) is 12.7 Å². The van der Waals surface area contributed by atoms with E-state index in [1.165, 1.54) is 0 Å². The number of ether oxygens (including phenoxy) is 2. The van der Waals surface area contributed by atoms with Gasteiger partial charge in [-0.1, -0.05) is 19.1 Å². The van der Waals surface area contributed by atoms with Crippen molar-refractivity contribution in [1.29, 1.82) is 5.26 Å². The van der Waals surface area contributed by atoms with Crippen molar-refractivity contribution in [2.45, 2.75) is 26.4 Å².